The number of aromatic nitrogens is 2. The van der Waals surface area contributed by atoms with Crippen LogP contribution in [0.3, 0.4) is 0 Å². The maximum Gasteiger partial charge on any atom is 0.221 e. The molecule has 4 aromatic rings. The second-order valence-electron chi connectivity index (χ2n) is 6.77. The number of pyridine rings is 1. The molecule has 3 aromatic heterocycles. The van der Waals surface area contributed by atoms with Crippen molar-refractivity contribution in [1.82, 2.24) is 14.7 Å². The van der Waals surface area contributed by atoms with Crippen LogP contribution in [0, 0.1) is 11.3 Å². The number of nitrogens with zero attached hydrogens (tertiary/aromatic N) is 3. The van der Waals surface area contributed by atoms with Crippen molar-refractivity contribution in [2.75, 3.05) is 0 Å². The Kier molecular flexibility index (Phi) is 3.73. The molecule has 0 saturated heterocycles. The van der Waals surface area contributed by atoms with Crippen molar-refractivity contribution in [3.8, 4) is 17.4 Å². The van der Waals surface area contributed by atoms with Crippen LogP contribution in [0.25, 0.3) is 17.0 Å². The third kappa shape index (κ3) is 2.57. The molecule has 0 aliphatic carbocycles. The molecule has 6 heteroatoms. The van der Waals surface area contributed by atoms with Crippen LogP contribution in [0.5, 0.6) is 0 Å². The molecule has 5 rings (SSSR count). The van der Waals surface area contributed by atoms with Crippen molar-refractivity contribution in [3.05, 3.63) is 83.5 Å². The highest BCUT2D eigenvalue weighted by atomic mass is 16.3. The van der Waals surface area contributed by atoms with Gasteiger partial charge in [-0.25, -0.2) is 4.98 Å². The van der Waals surface area contributed by atoms with Gasteiger partial charge in [-0.1, -0.05) is 18.2 Å². The molecule has 1 amide bonds. The quantitative estimate of drug-likeness (QED) is 0.586. The van der Waals surface area contributed by atoms with E-state index in [9.17, 15) is 10.1 Å². The molecule has 0 spiro atoms. The third-order valence-corrected chi connectivity index (χ3v) is 5.10. The minimum atomic E-state index is -0.252. The number of fused-ring (bicyclic) bond motifs is 3. The van der Waals surface area contributed by atoms with E-state index in [-0.39, 0.29) is 18.2 Å². The Labute approximate surface area is 161 Å². The molecule has 0 unspecified atom stereocenters. The Morgan fingerprint density at radius 3 is 2.89 bits per heavy atom. The van der Waals surface area contributed by atoms with E-state index in [0.29, 0.717) is 23.6 Å². The van der Waals surface area contributed by atoms with E-state index in [2.05, 4.69) is 16.4 Å². The summed E-state index contributed by atoms with van der Waals surface area (Å²) in [6, 6.07) is 19.1. The summed E-state index contributed by atoms with van der Waals surface area (Å²) in [6.45, 7) is 0.400. The fourth-order valence-corrected chi connectivity index (χ4v) is 3.81. The zero-order valence-corrected chi connectivity index (χ0v) is 14.9. The second kappa shape index (κ2) is 6.39. The Morgan fingerprint density at radius 2 is 2.00 bits per heavy atom. The molecule has 6 nitrogen and oxygen atoms in total. The predicted molar refractivity (Wildman–Crippen MR) is 102 cm³/mol. The molecule has 1 aliphatic rings. The lowest BCUT2D eigenvalue weighted by atomic mass is 9.97. The smallest absolute Gasteiger partial charge is 0.221 e. The zero-order chi connectivity index (χ0) is 19.1. The number of benzene rings is 1. The summed E-state index contributed by atoms with van der Waals surface area (Å²) in [5.74, 6) is 1.01. The lowest BCUT2D eigenvalue weighted by Gasteiger charge is -2.13. The second-order valence-corrected chi connectivity index (χ2v) is 6.77. The first-order chi connectivity index (χ1) is 13.7. The van der Waals surface area contributed by atoms with E-state index in [1.165, 1.54) is 0 Å². The number of hydrogen-bond acceptors (Lipinski definition) is 4. The molecule has 0 fully saturated rings. The largest absolute Gasteiger partial charge is 0.460 e. The molecular formula is C22H16N4O2. The number of amides is 1. The van der Waals surface area contributed by atoms with Gasteiger partial charge in [0, 0.05) is 18.2 Å². The van der Waals surface area contributed by atoms with Gasteiger partial charge in [-0.05, 0) is 36.4 Å². The molecule has 136 valence electrons. The van der Waals surface area contributed by atoms with E-state index >= 15 is 0 Å². The summed E-state index contributed by atoms with van der Waals surface area (Å²) in [5.41, 5.74) is 3.95. The summed E-state index contributed by atoms with van der Waals surface area (Å²) < 4.78 is 8.18. The van der Waals surface area contributed by atoms with Gasteiger partial charge in [-0.2, -0.15) is 5.26 Å². The summed E-state index contributed by atoms with van der Waals surface area (Å²) in [6.07, 6.45) is 2.24. The van der Waals surface area contributed by atoms with Gasteiger partial charge in [0.15, 0.2) is 0 Å². The topological polar surface area (TPSA) is 83.3 Å². The van der Waals surface area contributed by atoms with Crippen molar-refractivity contribution in [2.45, 2.75) is 18.9 Å². The summed E-state index contributed by atoms with van der Waals surface area (Å²) >= 11 is 0. The van der Waals surface area contributed by atoms with Gasteiger partial charge >= 0.3 is 0 Å². The number of hydrogen-bond donors (Lipinski definition) is 1. The van der Waals surface area contributed by atoms with Gasteiger partial charge < -0.3 is 14.1 Å². The predicted octanol–water partition coefficient (Wildman–Crippen LogP) is 3.62. The number of nitriles is 1. The molecule has 1 aromatic carbocycles. The lowest BCUT2D eigenvalue weighted by Crippen LogP contribution is -2.21. The van der Waals surface area contributed by atoms with Crippen LogP contribution in [0.1, 0.15) is 35.1 Å². The van der Waals surface area contributed by atoms with Crippen molar-refractivity contribution in [3.63, 3.8) is 0 Å². The molecule has 28 heavy (non-hydrogen) atoms. The monoisotopic (exact) mass is 368 g/mol. The Hall–Kier alpha value is -3.85. The van der Waals surface area contributed by atoms with Crippen molar-refractivity contribution >= 4 is 11.6 Å². The van der Waals surface area contributed by atoms with Gasteiger partial charge in [-0.15, -0.1) is 0 Å². The Bertz CT molecular complexity index is 1240. The normalized spacial score (nSPS) is 16.2. The number of nitrogens with one attached hydrogen (secondary N) is 1. The summed E-state index contributed by atoms with van der Waals surface area (Å²) in [4.78, 5) is 17.0. The maximum absolute atomic E-state index is 12.3. The Balaban J connectivity index is 1.65. The molecule has 0 bridgehead atoms. The van der Waals surface area contributed by atoms with Gasteiger partial charge in [0.2, 0.25) is 5.91 Å². The number of carbonyl (C=O) groups excluding carboxylic acids is 1. The SMILES string of the molecule is N#Cc1ccccc1-c1ccc([C@@H]2CC(=O)NCc3nc4ccccn4c32)o1. The molecule has 4 heterocycles. The summed E-state index contributed by atoms with van der Waals surface area (Å²) in [7, 11) is 0. The standard InChI is InChI=1S/C22H16N4O2/c23-12-14-5-1-2-6-15(14)18-8-9-19(28-18)16-11-21(27)24-13-17-22(16)26-10-4-3-7-20(26)25-17/h1-10,16H,11,13H2,(H,24,27)/t16-/m0/s1. The fourth-order valence-electron chi connectivity index (χ4n) is 3.81. The summed E-state index contributed by atoms with van der Waals surface area (Å²) in [5, 5.41) is 12.3. The first-order valence-corrected chi connectivity index (χ1v) is 9.06. The maximum atomic E-state index is 12.3. The van der Waals surface area contributed by atoms with E-state index in [1.807, 2.05) is 59.1 Å². The average molecular weight is 368 g/mol. The number of rotatable bonds is 2. The van der Waals surface area contributed by atoms with Crippen LogP contribution in [0.15, 0.2) is 65.2 Å². The van der Waals surface area contributed by atoms with E-state index in [0.717, 1.165) is 22.6 Å². The van der Waals surface area contributed by atoms with Crippen LogP contribution in [-0.2, 0) is 11.3 Å². The molecule has 0 radical (unpaired) electrons. The zero-order valence-electron chi connectivity index (χ0n) is 14.9. The van der Waals surface area contributed by atoms with E-state index < -0.39 is 0 Å². The minimum Gasteiger partial charge on any atom is -0.460 e. The highest BCUT2D eigenvalue weighted by Gasteiger charge is 2.31. The van der Waals surface area contributed by atoms with Crippen LogP contribution in [0.4, 0.5) is 0 Å². The van der Waals surface area contributed by atoms with Crippen LogP contribution in [0.2, 0.25) is 0 Å². The molecular weight excluding hydrogens is 352 g/mol. The van der Waals surface area contributed by atoms with E-state index in [4.69, 9.17) is 4.42 Å². The minimum absolute atomic E-state index is 0.0388. The number of furan rings is 1. The van der Waals surface area contributed by atoms with Crippen LogP contribution in [-0.4, -0.2) is 15.3 Å². The molecule has 1 N–H and O–H groups in total. The third-order valence-electron chi connectivity index (χ3n) is 5.10. The van der Waals surface area contributed by atoms with E-state index in [1.54, 1.807) is 6.07 Å². The van der Waals surface area contributed by atoms with Gasteiger partial charge in [0.25, 0.3) is 0 Å². The van der Waals surface area contributed by atoms with Crippen molar-refractivity contribution in [1.29, 1.82) is 5.26 Å². The first kappa shape index (κ1) is 16.3. The van der Waals surface area contributed by atoms with Gasteiger partial charge in [0.05, 0.1) is 35.5 Å². The van der Waals surface area contributed by atoms with Gasteiger partial charge in [-0.3, -0.25) is 4.79 Å². The molecule has 1 atom stereocenters. The van der Waals surface area contributed by atoms with Gasteiger partial charge in [0.1, 0.15) is 17.2 Å². The number of imidazole rings is 1. The highest BCUT2D eigenvalue weighted by molar-refractivity contribution is 5.78. The van der Waals surface area contributed by atoms with Crippen molar-refractivity contribution < 1.29 is 9.21 Å². The fraction of sp³-hybridized carbons (Fsp3) is 0.136. The van der Waals surface area contributed by atoms with Crippen LogP contribution < -0.4 is 5.32 Å². The van der Waals surface area contributed by atoms with Crippen LogP contribution >= 0.6 is 0 Å². The molecule has 1 aliphatic heterocycles. The highest BCUT2D eigenvalue weighted by Crippen LogP contribution is 2.36. The number of carbonyl (C=O) groups is 1. The Morgan fingerprint density at radius 1 is 1.14 bits per heavy atom. The first-order valence-electron chi connectivity index (χ1n) is 9.06. The lowest BCUT2D eigenvalue weighted by molar-refractivity contribution is -0.121. The molecule has 0 saturated carbocycles. The van der Waals surface area contributed by atoms with Crippen molar-refractivity contribution in [2.24, 2.45) is 0 Å². The average Bonchev–Trinajstić information content (AvgIpc) is 3.32.